The molecule has 0 bridgehead atoms. The summed E-state index contributed by atoms with van der Waals surface area (Å²) in [6, 6.07) is 10.5. The van der Waals surface area contributed by atoms with E-state index < -0.39 is 18.7 Å². The van der Waals surface area contributed by atoms with Crippen LogP contribution < -0.4 is 10.1 Å². The number of hydrogen-bond donors (Lipinski definition) is 1. The van der Waals surface area contributed by atoms with Gasteiger partial charge in [-0.2, -0.15) is 13.2 Å². The fraction of sp³-hybridized carbons (Fsp3) is 0.278. The second kappa shape index (κ2) is 8.07. The predicted octanol–water partition coefficient (Wildman–Crippen LogP) is 3.19. The molecule has 0 atom stereocenters. The highest BCUT2D eigenvalue weighted by atomic mass is 19.4. The molecule has 1 aromatic carbocycles. The quantitative estimate of drug-likeness (QED) is 0.641. The number of carbonyl (C=O) groups is 1. The van der Waals surface area contributed by atoms with Gasteiger partial charge in [-0.3, -0.25) is 4.79 Å². The van der Waals surface area contributed by atoms with Crippen molar-refractivity contribution in [3.63, 3.8) is 0 Å². The van der Waals surface area contributed by atoms with E-state index >= 15 is 0 Å². The van der Waals surface area contributed by atoms with Gasteiger partial charge in [0.05, 0.1) is 17.4 Å². The number of nitrogens with one attached hydrogen (secondary N) is 1. The summed E-state index contributed by atoms with van der Waals surface area (Å²) < 4.78 is 43.5. The molecule has 27 heavy (non-hydrogen) atoms. The molecule has 1 N–H and O–H groups in total. The van der Waals surface area contributed by atoms with Crippen LogP contribution in [0.5, 0.6) is 5.88 Å². The number of hydrogen-bond acceptors (Lipinski definition) is 4. The van der Waals surface area contributed by atoms with Crippen LogP contribution in [0.1, 0.15) is 16.8 Å². The molecule has 2 aromatic heterocycles. The third-order valence-corrected chi connectivity index (χ3v) is 3.78. The second-order valence-electron chi connectivity index (χ2n) is 5.80. The molecule has 6 nitrogen and oxygen atoms in total. The lowest BCUT2D eigenvalue weighted by atomic mass is 10.2. The number of imidazole rings is 1. The number of aromatic nitrogens is 3. The molecule has 0 aliphatic rings. The number of para-hydroxylation sites is 2. The number of rotatable bonds is 7. The van der Waals surface area contributed by atoms with E-state index in [-0.39, 0.29) is 11.4 Å². The van der Waals surface area contributed by atoms with E-state index in [2.05, 4.69) is 20.0 Å². The Morgan fingerprint density at radius 2 is 1.96 bits per heavy atom. The molecule has 2 heterocycles. The molecular weight excluding hydrogens is 361 g/mol. The topological polar surface area (TPSA) is 69.0 Å². The first-order chi connectivity index (χ1) is 12.9. The minimum absolute atomic E-state index is 0.0326. The van der Waals surface area contributed by atoms with E-state index in [1.54, 1.807) is 6.33 Å². The Bertz CT molecular complexity index is 924. The molecule has 9 heteroatoms. The van der Waals surface area contributed by atoms with E-state index in [0.29, 0.717) is 19.5 Å². The number of alkyl halides is 3. The molecule has 0 unspecified atom stereocenters. The van der Waals surface area contributed by atoms with Gasteiger partial charge in [-0.25, -0.2) is 9.97 Å². The van der Waals surface area contributed by atoms with Gasteiger partial charge in [0.1, 0.15) is 5.56 Å². The number of carbonyl (C=O) groups excluding carboxylic acids is 1. The zero-order chi connectivity index (χ0) is 19.3. The van der Waals surface area contributed by atoms with Crippen LogP contribution in [0.2, 0.25) is 0 Å². The number of nitrogens with zero attached hydrogens (tertiary/aromatic N) is 3. The van der Waals surface area contributed by atoms with Gasteiger partial charge in [-0.15, -0.1) is 0 Å². The maximum absolute atomic E-state index is 12.3. The Balaban J connectivity index is 1.54. The Hall–Kier alpha value is -3.10. The SMILES string of the molecule is O=C(NCCCn1cnc2ccccc21)c1cccnc1OCC(F)(F)F. The first-order valence-electron chi connectivity index (χ1n) is 8.27. The summed E-state index contributed by atoms with van der Waals surface area (Å²) in [4.78, 5) is 20.2. The van der Waals surface area contributed by atoms with Crippen molar-refractivity contribution in [2.45, 2.75) is 19.1 Å². The van der Waals surface area contributed by atoms with Gasteiger partial charge in [-0.1, -0.05) is 12.1 Å². The third-order valence-electron chi connectivity index (χ3n) is 3.78. The number of fused-ring (bicyclic) bond motifs is 1. The van der Waals surface area contributed by atoms with E-state index in [9.17, 15) is 18.0 Å². The van der Waals surface area contributed by atoms with Gasteiger partial charge in [-0.05, 0) is 30.7 Å². The lowest BCUT2D eigenvalue weighted by Crippen LogP contribution is -2.27. The maximum Gasteiger partial charge on any atom is 0.422 e. The molecule has 3 rings (SSSR count). The third kappa shape index (κ3) is 4.96. The van der Waals surface area contributed by atoms with Crippen molar-refractivity contribution < 1.29 is 22.7 Å². The van der Waals surface area contributed by atoms with Crippen LogP contribution in [0, 0.1) is 0 Å². The van der Waals surface area contributed by atoms with E-state index in [1.165, 1.54) is 18.3 Å². The average molecular weight is 378 g/mol. The van der Waals surface area contributed by atoms with Crippen molar-refractivity contribution in [2.75, 3.05) is 13.2 Å². The molecule has 0 aliphatic carbocycles. The number of benzene rings is 1. The molecule has 0 saturated carbocycles. The lowest BCUT2D eigenvalue weighted by molar-refractivity contribution is -0.154. The molecule has 3 aromatic rings. The average Bonchev–Trinajstić information content (AvgIpc) is 3.06. The van der Waals surface area contributed by atoms with Crippen molar-refractivity contribution in [3.05, 3.63) is 54.5 Å². The van der Waals surface area contributed by atoms with Crippen molar-refractivity contribution in [1.82, 2.24) is 19.9 Å². The van der Waals surface area contributed by atoms with Crippen LogP contribution in [0.3, 0.4) is 0 Å². The first-order valence-corrected chi connectivity index (χ1v) is 8.27. The zero-order valence-corrected chi connectivity index (χ0v) is 14.2. The van der Waals surface area contributed by atoms with Crippen LogP contribution in [0.25, 0.3) is 11.0 Å². The van der Waals surface area contributed by atoms with Gasteiger partial charge in [0.25, 0.3) is 5.91 Å². The van der Waals surface area contributed by atoms with Crippen LogP contribution in [-0.4, -0.2) is 39.8 Å². The van der Waals surface area contributed by atoms with E-state index in [4.69, 9.17) is 0 Å². The number of ether oxygens (including phenoxy) is 1. The maximum atomic E-state index is 12.3. The van der Waals surface area contributed by atoms with E-state index in [0.717, 1.165) is 11.0 Å². The molecule has 0 aliphatic heterocycles. The molecule has 1 amide bonds. The fourth-order valence-corrected chi connectivity index (χ4v) is 2.56. The highest BCUT2D eigenvalue weighted by Crippen LogP contribution is 2.20. The monoisotopic (exact) mass is 378 g/mol. The number of aryl methyl sites for hydroxylation is 1. The number of halogens is 3. The highest BCUT2D eigenvalue weighted by molar-refractivity contribution is 5.96. The Labute approximate surface area is 153 Å². The van der Waals surface area contributed by atoms with Crippen LogP contribution in [0.15, 0.2) is 48.9 Å². The Morgan fingerprint density at radius 1 is 1.15 bits per heavy atom. The van der Waals surface area contributed by atoms with Gasteiger partial charge in [0.2, 0.25) is 5.88 Å². The summed E-state index contributed by atoms with van der Waals surface area (Å²) in [7, 11) is 0. The van der Waals surface area contributed by atoms with Crippen LogP contribution in [0.4, 0.5) is 13.2 Å². The molecular formula is C18H17F3N4O2. The van der Waals surface area contributed by atoms with Gasteiger partial charge in [0, 0.05) is 19.3 Å². The number of amides is 1. The second-order valence-corrected chi connectivity index (χ2v) is 5.80. The summed E-state index contributed by atoms with van der Waals surface area (Å²) in [5, 5.41) is 2.67. The molecule has 0 spiro atoms. The summed E-state index contributed by atoms with van der Waals surface area (Å²) in [6.45, 7) is -0.512. The van der Waals surface area contributed by atoms with E-state index in [1.807, 2.05) is 28.8 Å². The van der Waals surface area contributed by atoms with Crippen molar-refractivity contribution >= 4 is 16.9 Å². The van der Waals surface area contributed by atoms with Crippen molar-refractivity contribution in [3.8, 4) is 5.88 Å². The van der Waals surface area contributed by atoms with Crippen molar-refractivity contribution in [2.24, 2.45) is 0 Å². The zero-order valence-electron chi connectivity index (χ0n) is 14.2. The minimum Gasteiger partial charge on any atom is -0.467 e. The molecule has 142 valence electrons. The summed E-state index contributed by atoms with van der Waals surface area (Å²) in [5.41, 5.74) is 1.86. The largest absolute Gasteiger partial charge is 0.467 e. The fourth-order valence-electron chi connectivity index (χ4n) is 2.56. The lowest BCUT2D eigenvalue weighted by Gasteiger charge is -2.12. The Morgan fingerprint density at radius 3 is 2.78 bits per heavy atom. The smallest absolute Gasteiger partial charge is 0.422 e. The standard InChI is InChI=1S/C18H17F3N4O2/c19-18(20,21)11-27-17-13(5-3-8-23-17)16(26)22-9-4-10-25-12-24-14-6-1-2-7-15(14)25/h1-3,5-8,12H,4,9-11H2,(H,22,26). The highest BCUT2D eigenvalue weighted by Gasteiger charge is 2.29. The normalized spacial score (nSPS) is 11.5. The summed E-state index contributed by atoms with van der Waals surface area (Å²) in [6.07, 6.45) is -0.868. The predicted molar refractivity (Wildman–Crippen MR) is 92.5 cm³/mol. The summed E-state index contributed by atoms with van der Waals surface area (Å²) >= 11 is 0. The first kappa shape index (κ1) is 18.7. The molecule has 0 radical (unpaired) electrons. The van der Waals surface area contributed by atoms with Gasteiger partial charge >= 0.3 is 6.18 Å². The minimum atomic E-state index is -4.50. The summed E-state index contributed by atoms with van der Waals surface area (Å²) in [5.74, 6) is -0.872. The molecule has 0 fully saturated rings. The van der Waals surface area contributed by atoms with Gasteiger partial charge in [0.15, 0.2) is 6.61 Å². The Kier molecular flexibility index (Phi) is 5.58. The van der Waals surface area contributed by atoms with Gasteiger partial charge < -0.3 is 14.6 Å². The van der Waals surface area contributed by atoms with Crippen LogP contribution >= 0.6 is 0 Å². The van der Waals surface area contributed by atoms with Crippen molar-refractivity contribution in [1.29, 1.82) is 0 Å². The van der Waals surface area contributed by atoms with Crippen LogP contribution in [-0.2, 0) is 6.54 Å². The number of pyridine rings is 1. The molecule has 0 saturated heterocycles.